The molecule has 3 rings (SSSR count). The number of quaternary nitrogens is 1. The minimum absolute atomic E-state index is 0.0357. The number of nitrogens with zero attached hydrogens (tertiary/aromatic N) is 3. The van der Waals surface area contributed by atoms with Gasteiger partial charge in [0.1, 0.15) is 24.4 Å². The summed E-state index contributed by atoms with van der Waals surface area (Å²) in [6.07, 6.45) is -2.02. The molecular weight excluding hydrogens is 418 g/mol. The Hall–Kier alpha value is -2.87. The van der Waals surface area contributed by atoms with Crippen molar-refractivity contribution in [1.29, 1.82) is 0 Å². The number of amides is 1. The molecule has 2 aromatic rings. The van der Waals surface area contributed by atoms with E-state index in [9.17, 15) is 35.6 Å². The molecule has 14 nitrogen and oxygen atoms in total. The van der Waals surface area contributed by atoms with E-state index in [1.165, 1.54) is 17.0 Å². The van der Waals surface area contributed by atoms with Gasteiger partial charge in [0.05, 0.1) is 25.4 Å². The van der Waals surface area contributed by atoms with E-state index in [4.69, 9.17) is 11.2 Å². The largest absolute Gasteiger partial charge is 0.394 e. The van der Waals surface area contributed by atoms with E-state index in [2.05, 4.69) is 26.2 Å². The molecule has 1 aliphatic heterocycles. The van der Waals surface area contributed by atoms with Crippen molar-refractivity contribution in [3.05, 3.63) is 12.1 Å². The standard InChI is InChI=1S/C17H21N5O9/c1-2-5-21(8-3-4-9(22(28)29)13-12(8)19-31-20-13)6-11(24)18-17-16(27)15(26)14(25)10(7-23)30-17/h1,3-4,10,14-17,23,25-29H,5-7H2,(H,18,24)/p+1/t10-,14-,15+,16-,17-/m1/s1. The summed E-state index contributed by atoms with van der Waals surface area (Å²) in [5.74, 6) is 1.71. The Labute approximate surface area is 174 Å². The molecule has 0 aliphatic carbocycles. The first kappa shape index (κ1) is 22.8. The Balaban J connectivity index is 1.79. The summed E-state index contributed by atoms with van der Waals surface area (Å²) in [5, 5.41) is 66.4. The number of hydrogen-bond donors (Lipinski definition) is 8. The van der Waals surface area contributed by atoms with Crippen molar-refractivity contribution in [3.63, 3.8) is 0 Å². The molecule has 0 radical (unpaired) electrons. The summed E-state index contributed by atoms with van der Waals surface area (Å²) in [5.41, 5.74) is 0.428. The summed E-state index contributed by atoms with van der Waals surface area (Å²) < 4.78 is 9.92. The van der Waals surface area contributed by atoms with E-state index in [1.807, 2.05) is 0 Å². The maximum Gasteiger partial charge on any atom is 0.241 e. The van der Waals surface area contributed by atoms with Gasteiger partial charge in [-0.2, -0.15) is 10.4 Å². The number of ether oxygens (including phenoxy) is 1. The van der Waals surface area contributed by atoms with Gasteiger partial charge in [0.2, 0.25) is 17.1 Å². The Morgan fingerprint density at radius 3 is 2.55 bits per heavy atom. The van der Waals surface area contributed by atoms with E-state index >= 15 is 0 Å². The van der Waals surface area contributed by atoms with Gasteiger partial charge in [0.25, 0.3) is 0 Å². The lowest BCUT2D eigenvalue weighted by Gasteiger charge is -2.40. The number of carbonyl (C=O) groups is 1. The van der Waals surface area contributed by atoms with Gasteiger partial charge in [-0.3, -0.25) is 4.79 Å². The van der Waals surface area contributed by atoms with Crippen LogP contribution in [-0.4, -0.2) is 97.4 Å². The number of fused-ring (bicyclic) bond motifs is 1. The number of aliphatic hydroxyl groups excluding tert-OH is 4. The first-order valence-electron chi connectivity index (χ1n) is 9.07. The molecular formula is C17H22N5O9+. The van der Waals surface area contributed by atoms with E-state index in [0.717, 1.165) is 0 Å². The molecule has 1 amide bonds. The maximum absolute atomic E-state index is 12.6. The number of anilines is 1. The summed E-state index contributed by atoms with van der Waals surface area (Å²) in [4.78, 5) is 14.0. The number of aliphatic hydroxyl groups is 4. The minimum Gasteiger partial charge on any atom is -0.394 e. The second kappa shape index (κ2) is 9.51. The van der Waals surface area contributed by atoms with Crippen molar-refractivity contribution in [3.8, 4) is 12.3 Å². The highest BCUT2D eigenvalue weighted by Crippen LogP contribution is 2.28. The maximum atomic E-state index is 12.6. The highest BCUT2D eigenvalue weighted by molar-refractivity contribution is 5.95. The van der Waals surface area contributed by atoms with Crippen LogP contribution in [-0.2, 0) is 9.53 Å². The van der Waals surface area contributed by atoms with Gasteiger partial charge >= 0.3 is 0 Å². The molecule has 14 heteroatoms. The summed E-state index contributed by atoms with van der Waals surface area (Å²) in [6, 6.07) is 2.77. The van der Waals surface area contributed by atoms with Crippen molar-refractivity contribution in [2.75, 3.05) is 24.6 Å². The molecule has 1 saturated heterocycles. The van der Waals surface area contributed by atoms with Crippen LogP contribution in [0.15, 0.2) is 16.8 Å². The van der Waals surface area contributed by atoms with Crippen LogP contribution in [0.1, 0.15) is 0 Å². The molecule has 1 aliphatic rings. The zero-order chi connectivity index (χ0) is 22.7. The second-order valence-electron chi connectivity index (χ2n) is 6.79. The number of terminal acetylenes is 1. The monoisotopic (exact) mass is 440 g/mol. The van der Waals surface area contributed by atoms with Crippen LogP contribution in [0.3, 0.4) is 0 Å². The van der Waals surface area contributed by atoms with Crippen LogP contribution >= 0.6 is 0 Å². The predicted molar refractivity (Wildman–Crippen MR) is 99.0 cm³/mol. The van der Waals surface area contributed by atoms with Crippen LogP contribution in [0, 0.1) is 12.3 Å². The second-order valence-corrected chi connectivity index (χ2v) is 6.79. The zero-order valence-electron chi connectivity index (χ0n) is 16.0. The molecule has 31 heavy (non-hydrogen) atoms. The lowest BCUT2D eigenvalue weighted by atomic mass is 9.98. The number of nitrogens with one attached hydrogen (secondary N) is 2. The minimum atomic E-state index is -1.64. The third-order valence-electron chi connectivity index (χ3n) is 4.79. The zero-order valence-corrected chi connectivity index (χ0v) is 16.0. The highest BCUT2D eigenvalue weighted by atomic mass is 16.8. The third-order valence-corrected chi connectivity index (χ3v) is 4.79. The topological polar surface area (TPSA) is 206 Å². The van der Waals surface area contributed by atoms with Crippen LogP contribution in [0.25, 0.3) is 11.0 Å². The molecule has 2 heterocycles. The smallest absolute Gasteiger partial charge is 0.241 e. The normalized spacial score (nSPS) is 26.1. The van der Waals surface area contributed by atoms with Crippen molar-refractivity contribution in [1.82, 2.24) is 15.6 Å². The molecule has 168 valence electrons. The number of rotatable bonds is 7. The van der Waals surface area contributed by atoms with Crippen LogP contribution < -0.4 is 15.4 Å². The summed E-state index contributed by atoms with van der Waals surface area (Å²) in [6.45, 7) is -1.05. The Kier molecular flexibility index (Phi) is 7.00. The lowest BCUT2D eigenvalue weighted by Crippen LogP contribution is -3.02. The predicted octanol–water partition coefficient (Wildman–Crippen LogP) is -4.13. The number of aromatic nitrogens is 2. The fourth-order valence-corrected chi connectivity index (χ4v) is 3.22. The van der Waals surface area contributed by atoms with E-state index < -0.39 is 48.4 Å². The molecule has 1 fully saturated rings. The van der Waals surface area contributed by atoms with Crippen LogP contribution in [0.4, 0.5) is 11.4 Å². The van der Waals surface area contributed by atoms with Crippen molar-refractivity contribution < 1.29 is 50.2 Å². The van der Waals surface area contributed by atoms with Gasteiger partial charge in [-0.15, -0.1) is 6.42 Å². The first-order chi connectivity index (χ1) is 14.8. The highest BCUT2D eigenvalue weighted by Gasteiger charge is 2.44. The average molecular weight is 440 g/mol. The number of benzene rings is 1. The molecule has 0 spiro atoms. The Morgan fingerprint density at radius 2 is 1.90 bits per heavy atom. The van der Waals surface area contributed by atoms with E-state index in [0.29, 0.717) is 5.69 Å². The molecule has 1 aromatic carbocycles. The number of hydrogen-bond acceptors (Lipinski definition) is 12. The first-order valence-corrected chi connectivity index (χ1v) is 9.07. The fourth-order valence-electron chi connectivity index (χ4n) is 3.22. The van der Waals surface area contributed by atoms with E-state index in [-0.39, 0.29) is 29.8 Å². The quantitative estimate of drug-likeness (QED) is 0.153. The average Bonchev–Trinajstić information content (AvgIpc) is 3.23. The van der Waals surface area contributed by atoms with Gasteiger partial charge in [0.15, 0.2) is 11.7 Å². The van der Waals surface area contributed by atoms with Gasteiger partial charge < -0.3 is 35.4 Å². The molecule has 0 bridgehead atoms. The molecule has 8 N–H and O–H groups in total. The lowest BCUT2D eigenvalue weighted by molar-refractivity contribution is -1.19. The van der Waals surface area contributed by atoms with E-state index in [1.54, 1.807) is 0 Å². The molecule has 5 atom stereocenters. The number of carbonyl (C=O) groups excluding carboxylic acids is 1. The van der Waals surface area contributed by atoms with Gasteiger partial charge in [-0.25, -0.2) is 4.63 Å². The SMILES string of the molecule is C#CCN(CC(=O)N[C@@H]1O[C@H](CO)[C@@H](O)[C@H](O)[C@H]1O)c1ccc([NH+](O)O)c2nonc12. The summed E-state index contributed by atoms with van der Waals surface area (Å²) >= 11 is 0. The molecule has 0 unspecified atom stereocenters. The Morgan fingerprint density at radius 1 is 1.19 bits per heavy atom. The van der Waals surface area contributed by atoms with Crippen LogP contribution in [0.2, 0.25) is 0 Å². The molecule has 0 saturated carbocycles. The van der Waals surface area contributed by atoms with Crippen LogP contribution in [0.5, 0.6) is 0 Å². The Bertz CT molecular complexity index is 959. The fraction of sp³-hybridized carbons (Fsp3) is 0.471. The van der Waals surface area contributed by atoms with Gasteiger partial charge in [-0.05, 0) is 21.6 Å². The van der Waals surface area contributed by atoms with Gasteiger partial charge in [0, 0.05) is 6.07 Å². The van der Waals surface area contributed by atoms with Gasteiger partial charge in [-0.1, -0.05) is 5.92 Å². The van der Waals surface area contributed by atoms with Crippen molar-refractivity contribution in [2.24, 2.45) is 0 Å². The van der Waals surface area contributed by atoms with Crippen molar-refractivity contribution in [2.45, 2.75) is 30.6 Å². The van der Waals surface area contributed by atoms with Crippen molar-refractivity contribution >= 4 is 28.3 Å². The molecule has 1 aromatic heterocycles. The third kappa shape index (κ3) is 4.58. The summed E-state index contributed by atoms with van der Waals surface area (Å²) in [7, 11) is 0.